The van der Waals surface area contributed by atoms with E-state index in [0.717, 1.165) is 5.56 Å². The Morgan fingerprint density at radius 1 is 1.08 bits per heavy atom. The normalized spacial score (nSPS) is 12.8. The monoisotopic (exact) mass is 346 g/mol. The Labute approximate surface area is 142 Å². The highest BCUT2D eigenvalue weighted by Crippen LogP contribution is 2.25. The molecule has 1 N–H and O–H groups in total. The molecule has 0 bridgehead atoms. The number of hydrogen-bond acceptors (Lipinski definition) is 4. The first-order chi connectivity index (χ1) is 11.2. The third-order valence-corrected chi connectivity index (χ3v) is 5.52. The minimum absolute atomic E-state index is 0.187. The van der Waals surface area contributed by atoms with E-state index in [1.165, 1.54) is 0 Å². The highest BCUT2D eigenvalue weighted by atomic mass is 32.2. The lowest BCUT2D eigenvalue weighted by molar-refractivity contribution is -0.306. The van der Waals surface area contributed by atoms with Crippen LogP contribution in [0.25, 0.3) is 0 Å². The van der Waals surface area contributed by atoms with Gasteiger partial charge in [0.05, 0.1) is 10.9 Å². The summed E-state index contributed by atoms with van der Waals surface area (Å²) in [6.45, 7) is 5.35. The molecule has 0 aliphatic carbocycles. The molecular formula is C18H20NO4S-. The first-order valence-corrected chi connectivity index (χ1v) is 9.04. The van der Waals surface area contributed by atoms with Crippen molar-refractivity contribution in [3.8, 4) is 0 Å². The minimum Gasteiger partial charge on any atom is -0.550 e. The summed E-state index contributed by atoms with van der Waals surface area (Å²) in [5.41, 5.74) is 2.80. The number of benzene rings is 2. The molecule has 5 nitrogen and oxygen atoms in total. The van der Waals surface area contributed by atoms with E-state index in [4.69, 9.17) is 0 Å². The van der Waals surface area contributed by atoms with Crippen LogP contribution >= 0.6 is 0 Å². The van der Waals surface area contributed by atoms with Crippen LogP contribution in [0.15, 0.2) is 47.4 Å². The fourth-order valence-corrected chi connectivity index (χ4v) is 4.59. The fraction of sp³-hybridized carbons (Fsp3) is 0.278. The summed E-state index contributed by atoms with van der Waals surface area (Å²) in [5.74, 6) is -1.32. The van der Waals surface area contributed by atoms with Crippen LogP contribution in [0.2, 0.25) is 0 Å². The number of carboxylic acids is 1. The Morgan fingerprint density at radius 3 is 2.12 bits per heavy atom. The van der Waals surface area contributed by atoms with Crippen molar-refractivity contribution >= 4 is 16.0 Å². The first-order valence-electron chi connectivity index (χ1n) is 7.55. The SMILES string of the molecule is Cc1cc(C)c(S(=O)(=O)N[C@@H](CC(=O)[O-])c2ccccc2)c(C)c1. The van der Waals surface area contributed by atoms with Gasteiger partial charge < -0.3 is 9.90 Å². The van der Waals surface area contributed by atoms with Crippen LogP contribution < -0.4 is 9.83 Å². The molecule has 0 aliphatic heterocycles. The van der Waals surface area contributed by atoms with E-state index in [-0.39, 0.29) is 4.90 Å². The Kier molecular flexibility index (Phi) is 5.41. The van der Waals surface area contributed by atoms with Gasteiger partial charge in [0.1, 0.15) is 0 Å². The number of carboxylic acid groups (broad SMARTS) is 1. The van der Waals surface area contributed by atoms with Gasteiger partial charge in [-0.15, -0.1) is 0 Å². The van der Waals surface area contributed by atoms with E-state index < -0.39 is 28.5 Å². The highest BCUT2D eigenvalue weighted by molar-refractivity contribution is 7.89. The maximum absolute atomic E-state index is 12.8. The Bertz CT molecular complexity index is 822. The van der Waals surface area contributed by atoms with Gasteiger partial charge in [0, 0.05) is 12.4 Å². The van der Waals surface area contributed by atoms with Gasteiger partial charge in [-0.05, 0) is 37.5 Å². The van der Waals surface area contributed by atoms with Gasteiger partial charge in [-0.2, -0.15) is 0 Å². The predicted octanol–water partition coefficient (Wildman–Crippen LogP) is 1.77. The number of aryl methyl sites for hydroxylation is 3. The Hall–Kier alpha value is -2.18. The summed E-state index contributed by atoms with van der Waals surface area (Å²) in [6, 6.07) is 11.3. The second-order valence-corrected chi connectivity index (χ2v) is 7.54. The molecule has 24 heavy (non-hydrogen) atoms. The van der Waals surface area contributed by atoms with Gasteiger partial charge in [-0.1, -0.05) is 48.0 Å². The molecule has 2 rings (SSSR count). The van der Waals surface area contributed by atoms with E-state index in [0.29, 0.717) is 16.7 Å². The maximum Gasteiger partial charge on any atom is 0.241 e. The molecule has 0 aromatic heterocycles. The van der Waals surface area contributed by atoms with Crippen molar-refractivity contribution in [2.75, 3.05) is 0 Å². The van der Waals surface area contributed by atoms with Gasteiger partial charge in [-0.25, -0.2) is 13.1 Å². The lowest BCUT2D eigenvalue weighted by atomic mass is 10.1. The van der Waals surface area contributed by atoms with Crippen LogP contribution in [0.3, 0.4) is 0 Å². The summed E-state index contributed by atoms with van der Waals surface area (Å²) in [4.78, 5) is 11.2. The molecule has 0 unspecified atom stereocenters. The largest absolute Gasteiger partial charge is 0.550 e. The molecule has 0 aliphatic rings. The second-order valence-electron chi connectivity index (χ2n) is 5.89. The van der Waals surface area contributed by atoms with Crippen LogP contribution in [0.5, 0.6) is 0 Å². The lowest BCUT2D eigenvalue weighted by Crippen LogP contribution is -2.34. The third kappa shape index (κ3) is 4.21. The summed E-state index contributed by atoms with van der Waals surface area (Å²) >= 11 is 0. The number of carbonyl (C=O) groups excluding carboxylic acids is 1. The van der Waals surface area contributed by atoms with Crippen LogP contribution in [0.4, 0.5) is 0 Å². The van der Waals surface area contributed by atoms with Gasteiger partial charge in [0.15, 0.2) is 0 Å². The number of rotatable bonds is 6. The maximum atomic E-state index is 12.8. The molecule has 0 spiro atoms. The third-order valence-electron chi connectivity index (χ3n) is 3.74. The number of sulfonamides is 1. The van der Waals surface area contributed by atoms with Gasteiger partial charge in [0.25, 0.3) is 0 Å². The van der Waals surface area contributed by atoms with Crippen LogP contribution in [-0.4, -0.2) is 14.4 Å². The molecular weight excluding hydrogens is 326 g/mol. The second kappa shape index (κ2) is 7.15. The number of nitrogens with one attached hydrogen (secondary N) is 1. The zero-order valence-electron chi connectivity index (χ0n) is 13.9. The van der Waals surface area contributed by atoms with Crippen LogP contribution in [-0.2, 0) is 14.8 Å². The molecule has 6 heteroatoms. The molecule has 0 saturated heterocycles. The minimum atomic E-state index is -3.87. The summed E-state index contributed by atoms with van der Waals surface area (Å²) < 4.78 is 28.2. The molecule has 0 saturated carbocycles. The summed E-state index contributed by atoms with van der Waals surface area (Å²) in [6.07, 6.45) is -0.437. The van der Waals surface area contributed by atoms with Crippen LogP contribution in [0.1, 0.15) is 34.7 Å². The van der Waals surface area contributed by atoms with E-state index in [1.807, 2.05) is 6.92 Å². The molecule has 0 fully saturated rings. The highest BCUT2D eigenvalue weighted by Gasteiger charge is 2.24. The molecule has 128 valence electrons. The van der Waals surface area contributed by atoms with E-state index in [1.54, 1.807) is 56.3 Å². The zero-order valence-corrected chi connectivity index (χ0v) is 14.7. The van der Waals surface area contributed by atoms with Gasteiger partial charge in [0.2, 0.25) is 10.0 Å². The molecule has 2 aromatic rings. The fourth-order valence-electron chi connectivity index (χ4n) is 2.92. The van der Waals surface area contributed by atoms with Crippen molar-refractivity contribution in [2.24, 2.45) is 0 Å². The number of aliphatic carboxylic acids is 1. The van der Waals surface area contributed by atoms with Crippen molar-refractivity contribution in [1.82, 2.24) is 4.72 Å². The van der Waals surface area contributed by atoms with Crippen molar-refractivity contribution in [2.45, 2.75) is 38.1 Å². The molecule has 0 radical (unpaired) electrons. The summed E-state index contributed by atoms with van der Waals surface area (Å²) in [5, 5.41) is 11.0. The van der Waals surface area contributed by atoms with E-state index >= 15 is 0 Å². The average molecular weight is 346 g/mol. The molecule has 1 atom stereocenters. The standard InChI is InChI=1S/C18H21NO4S/c1-12-9-13(2)18(14(3)10-12)24(22,23)19-16(11-17(20)21)15-7-5-4-6-8-15/h4-10,16,19H,11H2,1-3H3,(H,20,21)/p-1/t16-/m0/s1. The molecule has 0 heterocycles. The van der Waals surface area contributed by atoms with E-state index in [2.05, 4.69) is 4.72 Å². The first kappa shape index (κ1) is 18.2. The van der Waals surface area contributed by atoms with Crippen molar-refractivity contribution in [1.29, 1.82) is 0 Å². The lowest BCUT2D eigenvalue weighted by Gasteiger charge is -2.21. The Morgan fingerprint density at radius 2 is 1.62 bits per heavy atom. The van der Waals surface area contributed by atoms with Gasteiger partial charge >= 0.3 is 0 Å². The number of carbonyl (C=O) groups is 1. The predicted molar refractivity (Wildman–Crippen MR) is 89.8 cm³/mol. The molecule has 0 amide bonds. The average Bonchev–Trinajstić information content (AvgIpc) is 2.45. The van der Waals surface area contributed by atoms with Crippen molar-refractivity contribution < 1.29 is 18.3 Å². The zero-order chi connectivity index (χ0) is 17.9. The Balaban J connectivity index is 2.43. The molecule has 2 aromatic carbocycles. The van der Waals surface area contributed by atoms with Crippen LogP contribution in [0, 0.1) is 20.8 Å². The quantitative estimate of drug-likeness (QED) is 0.864. The van der Waals surface area contributed by atoms with Gasteiger partial charge in [-0.3, -0.25) is 0 Å². The summed E-state index contributed by atoms with van der Waals surface area (Å²) in [7, 11) is -3.87. The topological polar surface area (TPSA) is 86.3 Å². The van der Waals surface area contributed by atoms with Crippen molar-refractivity contribution in [3.05, 3.63) is 64.7 Å². The van der Waals surface area contributed by atoms with Crippen molar-refractivity contribution in [3.63, 3.8) is 0 Å². The number of hydrogen-bond donors (Lipinski definition) is 1. The smallest absolute Gasteiger partial charge is 0.241 e. The van der Waals surface area contributed by atoms with E-state index in [9.17, 15) is 18.3 Å².